The van der Waals surface area contributed by atoms with Gasteiger partial charge in [0.15, 0.2) is 5.43 Å². The van der Waals surface area contributed by atoms with E-state index >= 15 is 0 Å². The van der Waals surface area contributed by atoms with Crippen LogP contribution in [0.5, 0.6) is 11.5 Å². The molecule has 0 aliphatic carbocycles. The van der Waals surface area contributed by atoms with Gasteiger partial charge in [-0.1, -0.05) is 27.7 Å². The van der Waals surface area contributed by atoms with E-state index in [-0.39, 0.29) is 5.43 Å². The maximum Gasteiger partial charge on any atom is 0.197 e. The van der Waals surface area contributed by atoms with Crippen molar-refractivity contribution in [3.8, 4) is 11.5 Å². The van der Waals surface area contributed by atoms with Crippen molar-refractivity contribution in [2.75, 3.05) is 52.5 Å². The highest BCUT2D eigenvalue weighted by molar-refractivity contribution is 5.94. The van der Waals surface area contributed by atoms with Crippen LogP contribution in [0, 0.1) is 0 Å². The molecule has 6 nitrogen and oxygen atoms in total. The smallest absolute Gasteiger partial charge is 0.197 e. The summed E-state index contributed by atoms with van der Waals surface area (Å²) in [6, 6.07) is 11.5. The molecule has 0 spiro atoms. The van der Waals surface area contributed by atoms with Crippen LogP contribution in [0.4, 0.5) is 0 Å². The number of rotatable bonds is 14. The maximum absolute atomic E-state index is 13.2. The van der Waals surface area contributed by atoms with Crippen LogP contribution in [0.25, 0.3) is 21.8 Å². The number of pyridine rings is 1. The van der Waals surface area contributed by atoms with E-state index in [1.807, 2.05) is 43.4 Å². The fourth-order valence-electron chi connectivity index (χ4n) is 4.45. The van der Waals surface area contributed by atoms with Crippen LogP contribution in [-0.2, 0) is 7.05 Å². The van der Waals surface area contributed by atoms with Crippen molar-refractivity contribution in [1.29, 1.82) is 0 Å². The minimum atomic E-state index is 0.0456. The van der Waals surface area contributed by atoms with Gasteiger partial charge in [0.1, 0.15) is 11.5 Å². The summed E-state index contributed by atoms with van der Waals surface area (Å²) in [4.78, 5) is 17.9. The average molecular weight is 468 g/mol. The first-order chi connectivity index (χ1) is 16.5. The molecule has 0 bridgehead atoms. The monoisotopic (exact) mass is 467 g/mol. The lowest BCUT2D eigenvalue weighted by Crippen LogP contribution is -2.25. The zero-order valence-corrected chi connectivity index (χ0v) is 21.6. The number of aromatic nitrogens is 1. The lowest BCUT2D eigenvalue weighted by Gasteiger charge is -2.18. The van der Waals surface area contributed by atoms with Gasteiger partial charge in [-0.05, 0) is 63.3 Å². The van der Waals surface area contributed by atoms with Crippen LogP contribution >= 0.6 is 0 Å². The van der Waals surface area contributed by atoms with Gasteiger partial charge in [-0.25, -0.2) is 0 Å². The van der Waals surface area contributed by atoms with Gasteiger partial charge in [0, 0.05) is 43.0 Å². The maximum atomic E-state index is 13.2. The molecule has 0 atom stereocenters. The standard InChI is InChI=1S/C28H41N3O3/c1-6-30(7-2)16-10-18-33-22-12-14-24-26(20-22)29(5)27-21-23(13-15-25(27)28(24)32)34-19-11-17-31(8-3)9-4/h12-15,20-21H,6-11,16-19H2,1-5H3. The van der Waals surface area contributed by atoms with Gasteiger partial charge in [-0.2, -0.15) is 0 Å². The van der Waals surface area contributed by atoms with Gasteiger partial charge in [0.05, 0.1) is 24.2 Å². The first kappa shape index (κ1) is 26.0. The zero-order chi connectivity index (χ0) is 24.5. The van der Waals surface area contributed by atoms with Gasteiger partial charge in [0.2, 0.25) is 0 Å². The third kappa shape index (κ3) is 6.30. The Hall–Kier alpha value is -2.57. The molecule has 0 fully saturated rings. The second kappa shape index (κ2) is 12.8. The van der Waals surface area contributed by atoms with Gasteiger partial charge >= 0.3 is 0 Å². The van der Waals surface area contributed by atoms with Crippen molar-refractivity contribution in [3.05, 3.63) is 46.6 Å². The molecule has 2 aromatic carbocycles. The minimum absolute atomic E-state index is 0.0456. The van der Waals surface area contributed by atoms with Crippen LogP contribution in [0.15, 0.2) is 41.2 Å². The molecule has 1 heterocycles. The number of hydrogen-bond donors (Lipinski definition) is 0. The topological polar surface area (TPSA) is 46.9 Å². The van der Waals surface area contributed by atoms with Crippen molar-refractivity contribution < 1.29 is 9.47 Å². The quantitative estimate of drug-likeness (QED) is 0.249. The highest BCUT2D eigenvalue weighted by Gasteiger charge is 2.11. The average Bonchev–Trinajstić information content (AvgIpc) is 2.87. The number of hydrogen-bond acceptors (Lipinski definition) is 5. The van der Waals surface area contributed by atoms with Gasteiger partial charge in [0.25, 0.3) is 0 Å². The Kier molecular flexibility index (Phi) is 9.78. The minimum Gasteiger partial charge on any atom is -0.493 e. The lowest BCUT2D eigenvalue weighted by molar-refractivity contribution is 0.249. The van der Waals surface area contributed by atoms with Crippen LogP contribution in [0.1, 0.15) is 40.5 Å². The van der Waals surface area contributed by atoms with E-state index < -0.39 is 0 Å². The Morgan fingerprint density at radius 3 is 1.50 bits per heavy atom. The molecule has 0 aliphatic heterocycles. The van der Waals surface area contributed by atoms with E-state index in [9.17, 15) is 4.79 Å². The fraction of sp³-hybridized carbons (Fsp3) is 0.536. The zero-order valence-electron chi connectivity index (χ0n) is 21.6. The second-order valence-electron chi connectivity index (χ2n) is 8.70. The Labute approximate surface area is 204 Å². The van der Waals surface area contributed by atoms with E-state index in [0.717, 1.165) is 74.6 Å². The molecule has 186 valence electrons. The molecule has 3 rings (SSSR count). The Balaban J connectivity index is 1.75. The first-order valence-corrected chi connectivity index (χ1v) is 12.8. The Bertz CT molecular complexity index is 1030. The summed E-state index contributed by atoms with van der Waals surface area (Å²) < 4.78 is 14.1. The molecule has 3 aromatic rings. The molecule has 1 aromatic heterocycles. The van der Waals surface area contributed by atoms with Crippen LogP contribution < -0.4 is 14.9 Å². The molecule has 0 saturated carbocycles. The number of benzene rings is 2. The summed E-state index contributed by atoms with van der Waals surface area (Å²) in [5.74, 6) is 1.59. The summed E-state index contributed by atoms with van der Waals surface area (Å²) in [7, 11) is 2.00. The van der Waals surface area contributed by atoms with Gasteiger partial charge < -0.3 is 23.8 Å². The fourth-order valence-corrected chi connectivity index (χ4v) is 4.45. The number of ether oxygens (including phenoxy) is 2. The molecule has 0 amide bonds. The summed E-state index contributed by atoms with van der Waals surface area (Å²) in [6.07, 6.45) is 1.96. The summed E-state index contributed by atoms with van der Waals surface area (Å²) in [5, 5.41) is 1.41. The van der Waals surface area contributed by atoms with Crippen LogP contribution in [0.2, 0.25) is 0 Å². The van der Waals surface area contributed by atoms with Crippen molar-refractivity contribution in [2.24, 2.45) is 7.05 Å². The lowest BCUT2D eigenvalue weighted by atomic mass is 10.1. The normalized spacial score (nSPS) is 11.7. The summed E-state index contributed by atoms with van der Waals surface area (Å²) in [6.45, 7) is 16.3. The van der Waals surface area contributed by atoms with Gasteiger partial charge in [-0.15, -0.1) is 0 Å². The van der Waals surface area contributed by atoms with Crippen molar-refractivity contribution >= 4 is 21.8 Å². The predicted octanol–water partition coefficient (Wildman–Crippen LogP) is 4.91. The third-order valence-corrected chi connectivity index (χ3v) is 6.71. The van der Waals surface area contributed by atoms with E-state index in [2.05, 4.69) is 42.1 Å². The summed E-state index contributed by atoms with van der Waals surface area (Å²) in [5.41, 5.74) is 1.79. The molecule has 6 heteroatoms. The molecular weight excluding hydrogens is 426 g/mol. The SMILES string of the molecule is CCN(CC)CCCOc1ccc2c(=O)c3ccc(OCCCN(CC)CC)cc3n(C)c2c1. The van der Waals surface area contributed by atoms with Crippen LogP contribution in [0.3, 0.4) is 0 Å². The van der Waals surface area contributed by atoms with Crippen molar-refractivity contribution in [3.63, 3.8) is 0 Å². The van der Waals surface area contributed by atoms with E-state index in [4.69, 9.17) is 9.47 Å². The molecule has 0 unspecified atom stereocenters. The molecule has 0 aliphatic rings. The van der Waals surface area contributed by atoms with Crippen LogP contribution in [-0.4, -0.2) is 66.8 Å². The molecule has 34 heavy (non-hydrogen) atoms. The van der Waals surface area contributed by atoms with E-state index in [0.29, 0.717) is 24.0 Å². The van der Waals surface area contributed by atoms with E-state index in [1.54, 1.807) is 0 Å². The molecule has 0 N–H and O–H groups in total. The van der Waals surface area contributed by atoms with Crippen molar-refractivity contribution in [2.45, 2.75) is 40.5 Å². The van der Waals surface area contributed by atoms with Gasteiger partial charge in [-0.3, -0.25) is 4.79 Å². The summed E-state index contributed by atoms with van der Waals surface area (Å²) >= 11 is 0. The molecular formula is C28H41N3O3. The van der Waals surface area contributed by atoms with E-state index in [1.165, 1.54) is 0 Å². The predicted molar refractivity (Wildman–Crippen MR) is 142 cm³/mol. The highest BCUT2D eigenvalue weighted by Crippen LogP contribution is 2.25. The third-order valence-electron chi connectivity index (χ3n) is 6.71. The number of aryl methyl sites for hydroxylation is 1. The number of nitrogens with zero attached hydrogens (tertiary/aromatic N) is 3. The highest BCUT2D eigenvalue weighted by atomic mass is 16.5. The van der Waals surface area contributed by atoms with Crippen molar-refractivity contribution in [1.82, 2.24) is 14.4 Å². The second-order valence-corrected chi connectivity index (χ2v) is 8.70. The first-order valence-electron chi connectivity index (χ1n) is 12.8. The molecule has 0 radical (unpaired) electrons. The number of fused-ring (bicyclic) bond motifs is 2. The Morgan fingerprint density at radius 2 is 1.12 bits per heavy atom. The Morgan fingerprint density at radius 1 is 0.706 bits per heavy atom. The largest absolute Gasteiger partial charge is 0.493 e. The molecule has 0 saturated heterocycles.